The lowest BCUT2D eigenvalue weighted by molar-refractivity contribution is -0.0498. The van der Waals surface area contributed by atoms with Gasteiger partial charge in [-0.25, -0.2) is 13.9 Å². The molecule has 1 unspecified atom stereocenters. The minimum Gasteiger partial charge on any atom is -0.444 e. The van der Waals surface area contributed by atoms with Crippen LogP contribution in [0.25, 0.3) is 5.69 Å². The molecule has 38 heavy (non-hydrogen) atoms. The van der Waals surface area contributed by atoms with Gasteiger partial charge in [-0.15, -0.1) is 0 Å². The topological polar surface area (TPSA) is 94.9 Å². The number of nitrogens with zero attached hydrogens (tertiary/aromatic N) is 3. The molecule has 202 valence electrons. The van der Waals surface area contributed by atoms with Crippen LogP contribution < -0.4 is 10.1 Å². The van der Waals surface area contributed by atoms with Gasteiger partial charge in [-0.1, -0.05) is 12.1 Å². The summed E-state index contributed by atoms with van der Waals surface area (Å²) in [4.78, 5) is 26.6. The van der Waals surface area contributed by atoms with Crippen molar-refractivity contribution in [3.8, 4) is 11.4 Å². The van der Waals surface area contributed by atoms with E-state index in [1.807, 2.05) is 0 Å². The number of rotatable bonds is 6. The summed E-state index contributed by atoms with van der Waals surface area (Å²) < 4.78 is 56.7. The van der Waals surface area contributed by atoms with Gasteiger partial charge in [0.15, 0.2) is 0 Å². The van der Waals surface area contributed by atoms with E-state index in [1.165, 1.54) is 52.3 Å². The summed E-state index contributed by atoms with van der Waals surface area (Å²) in [7, 11) is 0. The predicted octanol–water partition coefficient (Wildman–Crippen LogP) is 5.17. The highest BCUT2D eigenvalue weighted by atomic mass is 19.3. The maximum Gasteiger partial charge on any atom is 0.410 e. The third-order valence-corrected chi connectivity index (χ3v) is 5.48. The summed E-state index contributed by atoms with van der Waals surface area (Å²) in [6.45, 7) is 3.19. The molecule has 2 heterocycles. The molecule has 4 rings (SSSR count). The zero-order valence-corrected chi connectivity index (χ0v) is 21.0. The van der Waals surface area contributed by atoms with Crippen molar-refractivity contribution >= 4 is 17.7 Å². The number of amides is 2. The molecule has 0 aliphatic carbocycles. The van der Waals surface area contributed by atoms with Crippen molar-refractivity contribution in [2.45, 2.75) is 39.1 Å². The van der Waals surface area contributed by atoms with E-state index in [0.717, 1.165) is 0 Å². The van der Waals surface area contributed by atoms with Crippen LogP contribution in [0.2, 0.25) is 0 Å². The molecule has 1 aromatic heterocycles. The molecule has 1 saturated heterocycles. The van der Waals surface area contributed by atoms with Crippen LogP contribution in [0.3, 0.4) is 0 Å². The zero-order valence-electron chi connectivity index (χ0n) is 21.0. The van der Waals surface area contributed by atoms with Gasteiger partial charge in [-0.3, -0.25) is 4.79 Å². The first kappa shape index (κ1) is 27.0. The van der Waals surface area contributed by atoms with Gasteiger partial charge < -0.3 is 24.4 Å². The van der Waals surface area contributed by atoms with E-state index < -0.39 is 36.1 Å². The van der Waals surface area contributed by atoms with Gasteiger partial charge in [0, 0.05) is 18.8 Å². The standard InChI is InChI=1S/C26H27F3N4O5/c1-26(2,3)38-25(35)32-9-10-36-22(15-32)16-7-8-21(20(27)11-16)31-23(34)17-13-30-33(14-17)18-5-4-6-19(12-18)37-24(28)29/h4-8,11-14,22,24H,9-10,15H2,1-3H3,(H,31,34). The number of nitrogens with one attached hydrogen (secondary N) is 1. The van der Waals surface area contributed by atoms with Gasteiger partial charge >= 0.3 is 12.7 Å². The molecule has 0 spiro atoms. The number of aromatic nitrogens is 2. The number of morpholine rings is 1. The number of halogens is 3. The summed E-state index contributed by atoms with van der Waals surface area (Å²) in [5.41, 5.74) is 0.328. The number of alkyl halides is 2. The third-order valence-electron chi connectivity index (χ3n) is 5.48. The van der Waals surface area contributed by atoms with E-state index in [-0.39, 0.29) is 30.2 Å². The number of anilines is 1. The summed E-state index contributed by atoms with van der Waals surface area (Å²) in [6.07, 6.45) is 1.62. The average molecular weight is 533 g/mol. The van der Waals surface area contributed by atoms with Gasteiger partial charge in [0.05, 0.1) is 36.3 Å². The summed E-state index contributed by atoms with van der Waals surface area (Å²) in [6, 6.07) is 10.1. The van der Waals surface area contributed by atoms with E-state index in [0.29, 0.717) is 17.8 Å². The van der Waals surface area contributed by atoms with Crippen LogP contribution in [0.1, 0.15) is 42.8 Å². The molecule has 2 amide bonds. The van der Waals surface area contributed by atoms with Crippen molar-refractivity contribution in [2.75, 3.05) is 25.0 Å². The fraction of sp³-hybridized carbons (Fsp3) is 0.346. The van der Waals surface area contributed by atoms with E-state index in [1.54, 1.807) is 32.9 Å². The molecule has 3 aromatic rings. The Kier molecular flexibility index (Phi) is 7.91. The number of carbonyl (C=O) groups is 2. The summed E-state index contributed by atoms with van der Waals surface area (Å²) in [5, 5.41) is 6.57. The fourth-order valence-corrected chi connectivity index (χ4v) is 3.75. The molecule has 2 aromatic carbocycles. The Morgan fingerprint density at radius 2 is 1.97 bits per heavy atom. The number of carbonyl (C=O) groups excluding carboxylic acids is 2. The number of hydrogen-bond donors (Lipinski definition) is 1. The smallest absolute Gasteiger partial charge is 0.410 e. The van der Waals surface area contributed by atoms with Crippen LogP contribution in [0, 0.1) is 5.82 Å². The minimum atomic E-state index is -2.97. The Morgan fingerprint density at radius 3 is 2.68 bits per heavy atom. The van der Waals surface area contributed by atoms with Crippen LogP contribution in [-0.4, -0.2) is 58.6 Å². The highest BCUT2D eigenvalue weighted by molar-refractivity contribution is 6.04. The Morgan fingerprint density at radius 1 is 1.18 bits per heavy atom. The maximum atomic E-state index is 14.9. The lowest BCUT2D eigenvalue weighted by atomic mass is 10.1. The third kappa shape index (κ3) is 6.82. The SMILES string of the molecule is CC(C)(C)OC(=O)N1CCOC(c2ccc(NC(=O)c3cnn(-c4cccc(OC(F)F)c4)c3)c(F)c2)C1. The minimum absolute atomic E-state index is 0.0568. The van der Waals surface area contributed by atoms with Crippen LogP contribution in [0.15, 0.2) is 54.9 Å². The van der Waals surface area contributed by atoms with Gasteiger partial charge in [-0.2, -0.15) is 13.9 Å². The molecule has 1 aliphatic heterocycles. The van der Waals surface area contributed by atoms with Crippen molar-refractivity contribution < 1.29 is 37.0 Å². The van der Waals surface area contributed by atoms with Crippen LogP contribution in [-0.2, 0) is 9.47 Å². The molecular formula is C26H27F3N4O5. The van der Waals surface area contributed by atoms with Crippen molar-refractivity contribution in [3.05, 3.63) is 71.8 Å². The second-order valence-corrected chi connectivity index (χ2v) is 9.53. The molecule has 12 heteroatoms. The molecule has 0 saturated carbocycles. The Labute approximate surface area is 217 Å². The Hall–Kier alpha value is -4.06. The predicted molar refractivity (Wildman–Crippen MR) is 131 cm³/mol. The summed E-state index contributed by atoms with van der Waals surface area (Å²) >= 11 is 0. The Bertz CT molecular complexity index is 1310. The van der Waals surface area contributed by atoms with E-state index in [2.05, 4.69) is 15.2 Å². The highest BCUT2D eigenvalue weighted by Gasteiger charge is 2.29. The van der Waals surface area contributed by atoms with Crippen LogP contribution in [0.4, 0.5) is 23.7 Å². The Balaban J connectivity index is 1.41. The quantitative estimate of drug-likeness (QED) is 0.471. The molecule has 0 bridgehead atoms. The lowest BCUT2D eigenvalue weighted by Gasteiger charge is -2.34. The van der Waals surface area contributed by atoms with Crippen LogP contribution in [0.5, 0.6) is 5.75 Å². The maximum absolute atomic E-state index is 14.9. The number of benzene rings is 2. The molecule has 1 N–H and O–H groups in total. The van der Waals surface area contributed by atoms with Gasteiger partial charge in [0.2, 0.25) is 0 Å². The van der Waals surface area contributed by atoms with Crippen molar-refractivity contribution in [1.82, 2.24) is 14.7 Å². The first-order chi connectivity index (χ1) is 18.0. The lowest BCUT2D eigenvalue weighted by Crippen LogP contribution is -2.44. The molecule has 0 radical (unpaired) electrons. The van der Waals surface area contributed by atoms with Gasteiger partial charge in [0.25, 0.3) is 5.91 Å². The van der Waals surface area contributed by atoms with Crippen molar-refractivity contribution in [2.24, 2.45) is 0 Å². The first-order valence-electron chi connectivity index (χ1n) is 11.8. The van der Waals surface area contributed by atoms with E-state index in [9.17, 15) is 22.8 Å². The number of hydrogen-bond acceptors (Lipinski definition) is 6. The zero-order chi connectivity index (χ0) is 27.4. The molecule has 1 fully saturated rings. The normalized spacial score (nSPS) is 15.9. The van der Waals surface area contributed by atoms with Gasteiger partial charge in [0.1, 0.15) is 23.3 Å². The number of ether oxygens (including phenoxy) is 3. The van der Waals surface area contributed by atoms with Crippen LogP contribution >= 0.6 is 0 Å². The fourth-order valence-electron chi connectivity index (χ4n) is 3.75. The highest BCUT2D eigenvalue weighted by Crippen LogP contribution is 2.27. The largest absolute Gasteiger partial charge is 0.444 e. The van der Waals surface area contributed by atoms with Gasteiger partial charge in [-0.05, 0) is 50.6 Å². The molecule has 1 aliphatic rings. The average Bonchev–Trinajstić information content (AvgIpc) is 3.35. The second kappa shape index (κ2) is 11.1. The van der Waals surface area contributed by atoms with Crippen molar-refractivity contribution in [1.29, 1.82) is 0 Å². The molecule has 1 atom stereocenters. The first-order valence-corrected chi connectivity index (χ1v) is 11.8. The van der Waals surface area contributed by atoms with E-state index in [4.69, 9.17) is 9.47 Å². The second-order valence-electron chi connectivity index (χ2n) is 9.53. The molecular weight excluding hydrogens is 505 g/mol. The molecule has 9 nitrogen and oxygen atoms in total. The summed E-state index contributed by atoms with van der Waals surface area (Å²) in [5.74, 6) is -1.36. The van der Waals surface area contributed by atoms with E-state index >= 15 is 0 Å². The monoisotopic (exact) mass is 532 g/mol. The van der Waals surface area contributed by atoms with Crippen molar-refractivity contribution in [3.63, 3.8) is 0 Å².